The van der Waals surface area contributed by atoms with Crippen LogP contribution >= 0.6 is 11.6 Å². The van der Waals surface area contributed by atoms with Crippen molar-refractivity contribution in [2.24, 2.45) is 0 Å². The van der Waals surface area contributed by atoms with Gasteiger partial charge in [0.05, 0.1) is 5.41 Å². The fraction of sp³-hybridized carbons (Fsp3) is 0.178. The van der Waals surface area contributed by atoms with Gasteiger partial charge in [0.15, 0.2) is 12.3 Å². The second kappa shape index (κ2) is 12.9. The van der Waals surface area contributed by atoms with E-state index in [2.05, 4.69) is 189 Å². The van der Waals surface area contributed by atoms with Gasteiger partial charge in [-0.25, -0.2) is 0 Å². The standard InChI is InChI=1S/C45H42ClN2/c1-44(2)38-32-36(46)27-29-39(38)47(30-14-20-33-16-7-5-8-17-33)41(44)24-13-25-42-45(3,4)43-37-23-12-11-22-35(37)26-28-40(43)48(42)31-15-21-34-18-9-6-10-19-34/h5-29,32H,30-31H2,1-4H3/q+1. The van der Waals surface area contributed by atoms with Crippen LogP contribution in [0, 0.1) is 0 Å². The molecule has 0 amide bonds. The van der Waals surface area contributed by atoms with Crippen molar-refractivity contribution >= 4 is 51.6 Å². The number of halogens is 1. The molecule has 3 heteroatoms. The summed E-state index contributed by atoms with van der Waals surface area (Å²) in [4.78, 5) is 2.43. The molecule has 0 fully saturated rings. The van der Waals surface area contributed by atoms with Gasteiger partial charge in [-0.15, -0.1) is 0 Å². The summed E-state index contributed by atoms with van der Waals surface area (Å²) < 4.78 is 2.49. The van der Waals surface area contributed by atoms with E-state index >= 15 is 0 Å². The fourth-order valence-electron chi connectivity index (χ4n) is 7.52. The Kier molecular flexibility index (Phi) is 8.54. The smallest absolute Gasteiger partial charge is 0.210 e. The van der Waals surface area contributed by atoms with Gasteiger partial charge in [-0.05, 0) is 77.7 Å². The Hall–Kier alpha value is -4.92. The minimum absolute atomic E-state index is 0.189. The summed E-state index contributed by atoms with van der Waals surface area (Å²) in [5, 5.41) is 3.37. The molecule has 2 heterocycles. The number of fused-ring (bicyclic) bond motifs is 4. The molecule has 5 aromatic carbocycles. The van der Waals surface area contributed by atoms with E-state index in [-0.39, 0.29) is 10.8 Å². The third-order valence-corrected chi connectivity index (χ3v) is 10.1. The first kappa shape index (κ1) is 31.7. The van der Waals surface area contributed by atoms with Gasteiger partial charge in [0.25, 0.3) is 0 Å². The summed E-state index contributed by atoms with van der Waals surface area (Å²) in [6.07, 6.45) is 15.9. The van der Waals surface area contributed by atoms with Crippen LogP contribution in [0.2, 0.25) is 5.02 Å². The molecule has 0 saturated carbocycles. The van der Waals surface area contributed by atoms with Gasteiger partial charge in [-0.1, -0.05) is 135 Å². The lowest BCUT2D eigenvalue weighted by Crippen LogP contribution is -2.28. The number of allylic oxidation sites excluding steroid dienone is 4. The third kappa shape index (κ3) is 5.86. The fourth-order valence-corrected chi connectivity index (χ4v) is 7.70. The highest BCUT2D eigenvalue weighted by Crippen LogP contribution is 2.49. The monoisotopic (exact) mass is 645 g/mol. The topological polar surface area (TPSA) is 6.25 Å². The maximum absolute atomic E-state index is 6.55. The molecule has 238 valence electrons. The molecular weight excluding hydrogens is 604 g/mol. The predicted octanol–water partition coefficient (Wildman–Crippen LogP) is 11.5. The first-order valence-electron chi connectivity index (χ1n) is 16.8. The Labute approximate surface area is 290 Å². The van der Waals surface area contributed by atoms with E-state index in [1.54, 1.807) is 0 Å². The first-order chi connectivity index (χ1) is 23.2. The predicted molar refractivity (Wildman–Crippen MR) is 207 cm³/mol. The Morgan fingerprint density at radius 3 is 2.08 bits per heavy atom. The quantitative estimate of drug-likeness (QED) is 0.152. The minimum atomic E-state index is -0.210. The van der Waals surface area contributed by atoms with Gasteiger partial charge in [-0.2, -0.15) is 4.58 Å². The number of anilines is 1. The van der Waals surface area contributed by atoms with Crippen LogP contribution in [0.3, 0.4) is 0 Å². The van der Waals surface area contributed by atoms with Crippen molar-refractivity contribution in [3.63, 3.8) is 0 Å². The molecule has 5 aromatic rings. The molecule has 7 rings (SSSR count). The van der Waals surface area contributed by atoms with Crippen LogP contribution in [0.5, 0.6) is 0 Å². The molecule has 0 N–H and O–H groups in total. The van der Waals surface area contributed by atoms with E-state index < -0.39 is 0 Å². The largest absolute Gasteiger partial charge is 0.340 e. The van der Waals surface area contributed by atoms with E-state index in [1.165, 1.54) is 55.8 Å². The summed E-state index contributed by atoms with van der Waals surface area (Å²) in [5.41, 5.74) is 9.68. The van der Waals surface area contributed by atoms with Gasteiger partial charge in [0.1, 0.15) is 0 Å². The number of nitrogens with zero attached hydrogens (tertiary/aromatic N) is 2. The Balaban J connectivity index is 1.29. The van der Waals surface area contributed by atoms with Crippen LogP contribution in [-0.4, -0.2) is 23.4 Å². The van der Waals surface area contributed by atoms with Crippen molar-refractivity contribution in [1.29, 1.82) is 0 Å². The van der Waals surface area contributed by atoms with E-state index in [1.807, 2.05) is 6.07 Å². The lowest BCUT2D eigenvalue weighted by Gasteiger charge is -2.26. The zero-order chi connectivity index (χ0) is 33.3. The molecule has 2 aliphatic heterocycles. The Morgan fingerprint density at radius 2 is 1.35 bits per heavy atom. The second-order valence-corrected chi connectivity index (χ2v) is 14.2. The maximum Gasteiger partial charge on any atom is 0.210 e. The van der Waals surface area contributed by atoms with Crippen molar-refractivity contribution in [2.75, 3.05) is 18.0 Å². The van der Waals surface area contributed by atoms with Crippen LogP contribution in [0.25, 0.3) is 22.9 Å². The van der Waals surface area contributed by atoms with Crippen LogP contribution in [0.1, 0.15) is 49.9 Å². The molecule has 0 unspecified atom stereocenters. The maximum atomic E-state index is 6.55. The van der Waals surface area contributed by atoms with Crippen LogP contribution in [0.15, 0.2) is 151 Å². The van der Waals surface area contributed by atoms with Gasteiger partial charge < -0.3 is 4.90 Å². The van der Waals surface area contributed by atoms with Crippen molar-refractivity contribution in [1.82, 2.24) is 0 Å². The van der Waals surface area contributed by atoms with E-state index in [9.17, 15) is 0 Å². The van der Waals surface area contributed by atoms with Crippen molar-refractivity contribution in [3.05, 3.63) is 179 Å². The van der Waals surface area contributed by atoms with E-state index in [0.717, 1.165) is 18.1 Å². The Morgan fingerprint density at radius 1 is 0.688 bits per heavy atom. The van der Waals surface area contributed by atoms with E-state index in [0.29, 0.717) is 0 Å². The van der Waals surface area contributed by atoms with Crippen LogP contribution < -0.4 is 4.90 Å². The summed E-state index contributed by atoms with van der Waals surface area (Å²) in [6, 6.07) is 40.7. The highest BCUT2D eigenvalue weighted by molar-refractivity contribution is 6.30. The van der Waals surface area contributed by atoms with Crippen molar-refractivity contribution in [2.45, 2.75) is 38.5 Å². The highest BCUT2D eigenvalue weighted by Gasteiger charge is 2.45. The molecule has 2 nitrogen and oxygen atoms in total. The molecule has 0 atom stereocenters. The number of benzene rings is 5. The summed E-state index contributed by atoms with van der Waals surface area (Å²) in [7, 11) is 0. The summed E-state index contributed by atoms with van der Waals surface area (Å²) >= 11 is 6.55. The number of hydrogen-bond acceptors (Lipinski definition) is 1. The molecule has 0 radical (unpaired) electrons. The highest BCUT2D eigenvalue weighted by atomic mass is 35.5. The zero-order valence-corrected chi connectivity index (χ0v) is 29.0. The lowest BCUT2D eigenvalue weighted by molar-refractivity contribution is -0.425. The molecule has 0 bridgehead atoms. The molecule has 0 aromatic heterocycles. The summed E-state index contributed by atoms with van der Waals surface area (Å²) in [5.74, 6) is 0. The average molecular weight is 646 g/mol. The summed E-state index contributed by atoms with van der Waals surface area (Å²) in [6.45, 7) is 10.9. The van der Waals surface area contributed by atoms with Gasteiger partial charge >= 0.3 is 0 Å². The number of rotatable bonds is 8. The van der Waals surface area contributed by atoms with E-state index in [4.69, 9.17) is 11.6 Å². The third-order valence-electron chi connectivity index (χ3n) is 9.91. The average Bonchev–Trinajstić information content (AvgIpc) is 3.44. The number of hydrogen-bond donors (Lipinski definition) is 0. The second-order valence-electron chi connectivity index (χ2n) is 13.7. The molecule has 2 aliphatic rings. The Bertz CT molecular complexity index is 2130. The van der Waals surface area contributed by atoms with Crippen LogP contribution in [-0.2, 0) is 10.8 Å². The molecule has 48 heavy (non-hydrogen) atoms. The normalized spacial score (nSPS) is 17.4. The molecule has 0 aliphatic carbocycles. The van der Waals surface area contributed by atoms with Gasteiger partial charge in [0, 0.05) is 46.1 Å². The molecule has 0 saturated heterocycles. The van der Waals surface area contributed by atoms with Crippen LogP contribution in [0.4, 0.5) is 11.4 Å². The van der Waals surface area contributed by atoms with Gasteiger partial charge in [-0.3, -0.25) is 0 Å². The SMILES string of the molecule is CC1(C)C(=CC=CC2=[N+](CC=Cc3ccccc3)c3ccc4ccccc4c3C2(C)C)N(CC=Cc2ccccc2)c2ccc(Cl)cc21. The molecular formula is C45H42ClN2+. The van der Waals surface area contributed by atoms with Crippen molar-refractivity contribution < 1.29 is 4.58 Å². The molecule has 0 spiro atoms. The minimum Gasteiger partial charge on any atom is -0.340 e. The van der Waals surface area contributed by atoms with Crippen molar-refractivity contribution in [3.8, 4) is 0 Å². The lowest BCUT2D eigenvalue weighted by atomic mass is 9.79. The first-order valence-corrected chi connectivity index (χ1v) is 17.2. The van der Waals surface area contributed by atoms with Gasteiger partial charge in [0.2, 0.25) is 5.69 Å². The zero-order valence-electron chi connectivity index (χ0n) is 28.2.